The van der Waals surface area contributed by atoms with E-state index in [0.29, 0.717) is 11.6 Å². The highest BCUT2D eigenvalue weighted by atomic mass is 35.5. The molecule has 0 saturated carbocycles. The van der Waals surface area contributed by atoms with Gasteiger partial charge < -0.3 is 0 Å². The molecule has 0 aliphatic carbocycles. The Balaban J connectivity index is 1.72. The molecule has 1 aliphatic rings. The number of rotatable bonds is 2. The minimum absolute atomic E-state index is 0.0172. The summed E-state index contributed by atoms with van der Waals surface area (Å²) in [4.78, 5) is 4.78. The fourth-order valence-electron chi connectivity index (χ4n) is 2.93. The lowest BCUT2D eigenvalue weighted by Crippen LogP contribution is -2.09. The molecule has 0 N–H and O–H groups in total. The quantitative estimate of drug-likeness (QED) is 0.577. The van der Waals surface area contributed by atoms with E-state index in [-0.39, 0.29) is 12.0 Å². The van der Waals surface area contributed by atoms with E-state index in [1.54, 1.807) is 0 Å². The van der Waals surface area contributed by atoms with Gasteiger partial charge in [-0.1, -0.05) is 47.5 Å². The van der Waals surface area contributed by atoms with Gasteiger partial charge in [-0.05, 0) is 35.9 Å². The topological polar surface area (TPSA) is 37.6 Å². The molecule has 2 unspecified atom stereocenters. The van der Waals surface area contributed by atoms with Gasteiger partial charge in [-0.15, -0.1) is 0 Å². The van der Waals surface area contributed by atoms with Crippen LogP contribution in [0.15, 0.2) is 64.8 Å². The van der Waals surface area contributed by atoms with Gasteiger partial charge in [0.2, 0.25) is 0 Å². The summed E-state index contributed by atoms with van der Waals surface area (Å²) < 4.78 is 0. The molecule has 0 spiro atoms. The Bertz CT molecular complexity index is 890. The summed E-state index contributed by atoms with van der Waals surface area (Å²) in [5.74, 6) is 0.138. The summed E-state index contributed by atoms with van der Waals surface area (Å²) in [6, 6.07) is 17.6. The van der Waals surface area contributed by atoms with Crippen molar-refractivity contribution < 1.29 is 0 Å². The molecule has 2 atom stereocenters. The largest absolute Gasteiger partial charge is 0.252 e. The van der Waals surface area contributed by atoms with Crippen LogP contribution in [0, 0.1) is 0 Å². The Morgan fingerprint density at radius 2 is 1.61 bits per heavy atom. The van der Waals surface area contributed by atoms with E-state index < -0.39 is 0 Å². The highest BCUT2D eigenvalue weighted by Gasteiger charge is 2.30. The van der Waals surface area contributed by atoms with Gasteiger partial charge in [0.1, 0.15) is 6.04 Å². The van der Waals surface area contributed by atoms with E-state index >= 15 is 0 Å². The molecule has 0 amide bonds. The van der Waals surface area contributed by atoms with Crippen molar-refractivity contribution >= 4 is 34.1 Å². The second kappa shape index (κ2) is 5.91. The van der Waals surface area contributed by atoms with Crippen LogP contribution >= 0.6 is 23.2 Å². The Hall–Kier alpha value is -1.97. The van der Waals surface area contributed by atoms with E-state index in [4.69, 9.17) is 28.2 Å². The zero-order chi connectivity index (χ0) is 15.8. The lowest BCUT2D eigenvalue weighted by atomic mass is 9.91. The van der Waals surface area contributed by atoms with Gasteiger partial charge >= 0.3 is 0 Å². The number of aromatic nitrogens is 1. The molecule has 0 radical (unpaired) electrons. The standard InChI is InChI=1S/C18H13Cl2N3/c19-13-5-2-12(3-6-13)18-15(10-21-23-18)16-8-4-11-1-7-14(20)9-17(11)22-16/h1-9,15,18H,10H2. The molecule has 0 fully saturated rings. The van der Waals surface area contributed by atoms with Crippen LogP contribution in [-0.2, 0) is 0 Å². The first-order chi connectivity index (χ1) is 11.2. The number of fused-ring (bicyclic) bond motifs is 1. The van der Waals surface area contributed by atoms with Gasteiger partial charge in [0, 0.05) is 21.1 Å². The Morgan fingerprint density at radius 3 is 2.43 bits per heavy atom. The third-order valence-electron chi connectivity index (χ3n) is 4.13. The Labute approximate surface area is 144 Å². The monoisotopic (exact) mass is 341 g/mol. The molecule has 3 nitrogen and oxygen atoms in total. The van der Waals surface area contributed by atoms with Crippen molar-refractivity contribution in [3.63, 3.8) is 0 Å². The average Bonchev–Trinajstić information content (AvgIpc) is 3.04. The van der Waals surface area contributed by atoms with E-state index in [0.717, 1.165) is 27.2 Å². The lowest BCUT2D eigenvalue weighted by molar-refractivity contribution is 0.621. The highest BCUT2D eigenvalue weighted by molar-refractivity contribution is 6.31. The molecule has 5 heteroatoms. The van der Waals surface area contributed by atoms with Gasteiger partial charge in [-0.25, -0.2) is 0 Å². The normalized spacial score (nSPS) is 20.3. The maximum atomic E-state index is 6.08. The Morgan fingerprint density at radius 1 is 0.870 bits per heavy atom. The fraction of sp³-hybridized carbons (Fsp3) is 0.167. The van der Waals surface area contributed by atoms with Gasteiger partial charge in [-0.3, -0.25) is 4.98 Å². The lowest BCUT2D eigenvalue weighted by Gasteiger charge is -2.17. The predicted molar refractivity (Wildman–Crippen MR) is 93.4 cm³/mol. The number of azo groups is 1. The summed E-state index contributed by atoms with van der Waals surface area (Å²) in [5.41, 5.74) is 3.00. The van der Waals surface area contributed by atoms with Crippen LogP contribution < -0.4 is 0 Å². The maximum Gasteiger partial charge on any atom is 0.106 e. The third kappa shape index (κ3) is 2.82. The smallest absolute Gasteiger partial charge is 0.106 e. The van der Waals surface area contributed by atoms with Crippen molar-refractivity contribution in [3.05, 3.63) is 75.9 Å². The van der Waals surface area contributed by atoms with E-state index in [1.165, 1.54) is 0 Å². The first-order valence-electron chi connectivity index (χ1n) is 7.39. The van der Waals surface area contributed by atoms with Crippen LogP contribution in [0.3, 0.4) is 0 Å². The number of halogens is 2. The maximum absolute atomic E-state index is 6.08. The molecular weight excluding hydrogens is 329 g/mol. The van der Waals surface area contributed by atoms with Crippen molar-refractivity contribution in [1.29, 1.82) is 0 Å². The van der Waals surface area contributed by atoms with Gasteiger partial charge in [0.25, 0.3) is 0 Å². The second-order valence-electron chi connectivity index (χ2n) is 5.62. The SMILES string of the molecule is Clc1ccc(C2N=NCC2c2ccc3ccc(Cl)cc3n2)cc1. The van der Waals surface area contributed by atoms with E-state index in [1.807, 2.05) is 42.5 Å². The highest BCUT2D eigenvalue weighted by Crippen LogP contribution is 2.39. The molecular formula is C18H13Cl2N3. The number of hydrogen-bond acceptors (Lipinski definition) is 3. The van der Waals surface area contributed by atoms with Crippen LogP contribution in [0.2, 0.25) is 10.0 Å². The first-order valence-corrected chi connectivity index (χ1v) is 8.14. The van der Waals surface area contributed by atoms with Crippen molar-refractivity contribution in [2.75, 3.05) is 6.54 Å². The van der Waals surface area contributed by atoms with Gasteiger partial charge in [0.15, 0.2) is 0 Å². The summed E-state index contributed by atoms with van der Waals surface area (Å²) in [6.07, 6.45) is 0. The van der Waals surface area contributed by atoms with Gasteiger partial charge in [-0.2, -0.15) is 10.2 Å². The van der Waals surface area contributed by atoms with Crippen molar-refractivity contribution in [2.45, 2.75) is 12.0 Å². The number of pyridine rings is 1. The number of nitrogens with zero attached hydrogens (tertiary/aromatic N) is 3. The molecule has 3 aromatic rings. The molecule has 2 heterocycles. The summed E-state index contributed by atoms with van der Waals surface area (Å²) in [6.45, 7) is 0.645. The molecule has 1 aliphatic heterocycles. The molecule has 4 rings (SSSR count). The first kappa shape index (κ1) is 14.6. The van der Waals surface area contributed by atoms with Crippen LogP contribution in [0.25, 0.3) is 10.9 Å². The number of benzene rings is 2. The van der Waals surface area contributed by atoms with Crippen molar-refractivity contribution in [2.24, 2.45) is 10.2 Å². The van der Waals surface area contributed by atoms with Crippen molar-refractivity contribution in [1.82, 2.24) is 4.98 Å². The summed E-state index contributed by atoms with van der Waals surface area (Å²) in [7, 11) is 0. The summed E-state index contributed by atoms with van der Waals surface area (Å²) >= 11 is 12.1. The zero-order valence-electron chi connectivity index (χ0n) is 12.2. The van der Waals surface area contributed by atoms with Crippen LogP contribution in [0.4, 0.5) is 0 Å². The average molecular weight is 342 g/mol. The third-order valence-corrected chi connectivity index (χ3v) is 4.62. The van der Waals surface area contributed by atoms with Crippen molar-refractivity contribution in [3.8, 4) is 0 Å². The van der Waals surface area contributed by atoms with Gasteiger partial charge in [0.05, 0.1) is 18.0 Å². The zero-order valence-corrected chi connectivity index (χ0v) is 13.7. The Kier molecular flexibility index (Phi) is 3.76. The molecule has 1 aromatic heterocycles. The second-order valence-corrected chi connectivity index (χ2v) is 6.49. The minimum Gasteiger partial charge on any atom is -0.252 e. The van der Waals surface area contributed by atoms with E-state index in [9.17, 15) is 0 Å². The number of hydrogen-bond donors (Lipinski definition) is 0. The fourth-order valence-corrected chi connectivity index (χ4v) is 3.22. The molecule has 2 aromatic carbocycles. The van der Waals surface area contributed by atoms with Crippen LogP contribution in [-0.4, -0.2) is 11.5 Å². The minimum atomic E-state index is -0.0172. The summed E-state index contributed by atoms with van der Waals surface area (Å²) in [5, 5.41) is 11.1. The predicted octanol–water partition coefficient (Wildman–Crippen LogP) is 5.83. The van der Waals surface area contributed by atoms with E-state index in [2.05, 4.69) is 22.4 Å². The molecule has 23 heavy (non-hydrogen) atoms. The molecule has 0 saturated heterocycles. The molecule has 0 bridgehead atoms. The van der Waals surface area contributed by atoms with Crippen LogP contribution in [0.1, 0.15) is 23.2 Å². The molecule has 114 valence electrons. The van der Waals surface area contributed by atoms with Crippen LogP contribution in [0.5, 0.6) is 0 Å².